The first-order valence-electron chi connectivity index (χ1n) is 6.31. The van der Waals surface area contributed by atoms with Crippen LogP contribution < -0.4 is 4.74 Å². The maximum Gasteiger partial charge on any atom is 0.406 e. The summed E-state index contributed by atoms with van der Waals surface area (Å²) < 4.78 is 47.4. The lowest BCUT2D eigenvalue weighted by atomic mass is 10.4. The maximum atomic E-state index is 11.7. The lowest BCUT2D eigenvalue weighted by Gasteiger charge is -2.02. The molecule has 0 aliphatic heterocycles. The van der Waals surface area contributed by atoms with Gasteiger partial charge in [-0.3, -0.25) is 0 Å². The molecular weight excluding hydrogens is 408 g/mol. The number of aromatic nitrogens is 2. The first-order valence-corrected chi connectivity index (χ1v) is 6.74. The zero-order valence-corrected chi connectivity index (χ0v) is 13.5. The van der Waals surface area contributed by atoms with Crippen LogP contribution in [-0.4, -0.2) is 37.4 Å². The average Bonchev–Trinajstić information content (AvgIpc) is 2.55. The van der Waals surface area contributed by atoms with Crippen molar-refractivity contribution in [1.82, 2.24) is 9.97 Å². The molecule has 0 unspecified atom stereocenters. The average molecular weight is 417 g/mol. The van der Waals surface area contributed by atoms with Gasteiger partial charge in [-0.1, -0.05) is 11.6 Å². The Balaban J connectivity index is 0.000000428. The monoisotopic (exact) mass is 416 g/mol. The molecular formula is C12H9ClF4N4O6. The smallest absolute Gasteiger partial charge is 0.406 e. The lowest BCUT2D eigenvalue weighted by molar-refractivity contribution is -0.391. The Bertz CT molecular complexity index is 753. The Hall–Kier alpha value is -3.29. The third kappa shape index (κ3) is 10.3. The summed E-state index contributed by atoms with van der Waals surface area (Å²) in [6.07, 6.45) is 2.37. The first-order chi connectivity index (χ1) is 12.6. The highest BCUT2D eigenvalue weighted by molar-refractivity contribution is 6.18. The number of halogens is 5. The second kappa shape index (κ2) is 12.1. The number of hydrogen-bond donors (Lipinski definition) is 1. The zero-order chi connectivity index (χ0) is 21.0. The summed E-state index contributed by atoms with van der Waals surface area (Å²) in [5.41, 5.74) is 0. The number of rotatable bonds is 4. The first kappa shape index (κ1) is 23.7. The Kier molecular flexibility index (Phi) is 10.6. The fourth-order valence-electron chi connectivity index (χ4n) is 1.24. The molecule has 0 bridgehead atoms. The van der Waals surface area contributed by atoms with Gasteiger partial charge in [0.1, 0.15) is 12.4 Å². The molecule has 2 heterocycles. The minimum Gasteiger partial charge on any atom is -0.501 e. The number of alkyl halides is 5. The molecule has 0 fully saturated rings. The third-order valence-electron chi connectivity index (χ3n) is 2.08. The van der Waals surface area contributed by atoms with Crippen LogP contribution >= 0.6 is 11.6 Å². The quantitative estimate of drug-likeness (QED) is 0.344. The summed E-state index contributed by atoms with van der Waals surface area (Å²) in [6, 6.07) is 4.95. The number of nitro groups is 2. The van der Waals surface area contributed by atoms with Crippen LogP contribution in [0.3, 0.4) is 0 Å². The number of pyridine rings is 2. The molecule has 27 heavy (non-hydrogen) atoms. The van der Waals surface area contributed by atoms with Crippen LogP contribution in [0.5, 0.6) is 11.5 Å². The second-order valence-electron chi connectivity index (χ2n) is 3.81. The van der Waals surface area contributed by atoms with Gasteiger partial charge in [0.2, 0.25) is 11.5 Å². The molecule has 0 atom stereocenters. The van der Waals surface area contributed by atoms with E-state index in [-0.39, 0.29) is 0 Å². The number of hydrogen-bond acceptors (Lipinski definition) is 8. The highest BCUT2D eigenvalue weighted by atomic mass is 35.5. The van der Waals surface area contributed by atoms with Crippen molar-refractivity contribution in [3.63, 3.8) is 0 Å². The highest BCUT2D eigenvalue weighted by Gasteiger charge is 2.18. The minimum absolute atomic E-state index is 0.410. The Morgan fingerprint density at radius 2 is 1.44 bits per heavy atom. The van der Waals surface area contributed by atoms with E-state index in [0.717, 1.165) is 12.3 Å². The summed E-state index contributed by atoms with van der Waals surface area (Å²) in [6.45, 7) is -3.09. The molecule has 0 aromatic carbocycles. The second-order valence-corrected chi connectivity index (χ2v) is 4.14. The molecule has 0 spiro atoms. The van der Waals surface area contributed by atoms with E-state index >= 15 is 0 Å². The van der Waals surface area contributed by atoms with E-state index in [9.17, 15) is 37.8 Å². The van der Waals surface area contributed by atoms with Crippen LogP contribution in [-0.2, 0) is 0 Å². The topological polar surface area (TPSA) is 142 Å². The van der Waals surface area contributed by atoms with Crippen molar-refractivity contribution in [2.75, 3.05) is 0 Å². The van der Waals surface area contributed by atoms with Gasteiger partial charge in [-0.05, 0) is 44.1 Å². The molecule has 0 radical (unpaired) electrons. The largest absolute Gasteiger partial charge is 0.501 e. The van der Waals surface area contributed by atoms with E-state index in [1.54, 1.807) is 0 Å². The fourth-order valence-corrected chi connectivity index (χ4v) is 1.24. The normalized spacial score (nSPS) is 9.59. The van der Waals surface area contributed by atoms with Crippen LogP contribution in [0.15, 0.2) is 36.7 Å². The minimum atomic E-state index is -3.09. The van der Waals surface area contributed by atoms with E-state index in [1.807, 2.05) is 0 Å². The van der Waals surface area contributed by atoms with Crippen LogP contribution in [0.1, 0.15) is 0 Å². The van der Waals surface area contributed by atoms with Crippen molar-refractivity contribution in [3.8, 4) is 11.5 Å². The molecule has 2 rings (SSSR count). The van der Waals surface area contributed by atoms with Gasteiger partial charge >= 0.3 is 24.1 Å². The van der Waals surface area contributed by atoms with Crippen LogP contribution in [0.4, 0.5) is 29.2 Å². The van der Waals surface area contributed by atoms with Crippen molar-refractivity contribution in [3.05, 3.63) is 56.9 Å². The number of aromatic hydroxyl groups is 1. The maximum absolute atomic E-state index is 11.7. The van der Waals surface area contributed by atoms with Gasteiger partial charge in [0, 0.05) is 0 Å². The van der Waals surface area contributed by atoms with Crippen LogP contribution in [0, 0.1) is 20.2 Å². The van der Waals surface area contributed by atoms with E-state index in [4.69, 9.17) is 5.11 Å². The lowest BCUT2D eigenvalue weighted by Crippen LogP contribution is -2.05. The van der Waals surface area contributed by atoms with Crippen molar-refractivity contribution < 1.29 is 37.3 Å². The van der Waals surface area contributed by atoms with Crippen molar-refractivity contribution in [2.24, 2.45) is 0 Å². The standard InChI is InChI=1S/C6H4F2N2O3.C5H4N2O3.CHClF2/c7-6(8)13-4-2-1-3-9-5(4)10(11)12;8-4-2-1-3-6-5(4)7(9)10;2-1(3)4/h1-3,6H;1-3,8H;1H. The van der Waals surface area contributed by atoms with E-state index in [2.05, 4.69) is 26.3 Å². The molecule has 10 nitrogen and oxygen atoms in total. The van der Waals surface area contributed by atoms with Crippen LogP contribution in [0.25, 0.3) is 0 Å². The van der Waals surface area contributed by atoms with Gasteiger partial charge in [-0.2, -0.15) is 17.6 Å². The molecule has 2 aromatic rings. The predicted molar refractivity (Wildman–Crippen MR) is 81.9 cm³/mol. The summed E-state index contributed by atoms with van der Waals surface area (Å²) >= 11 is 3.94. The van der Waals surface area contributed by atoms with Gasteiger partial charge in [0.25, 0.3) is 0 Å². The van der Waals surface area contributed by atoms with E-state index in [1.165, 1.54) is 24.4 Å². The van der Waals surface area contributed by atoms with E-state index in [0.29, 0.717) is 0 Å². The fraction of sp³-hybridized carbons (Fsp3) is 0.167. The van der Waals surface area contributed by atoms with E-state index < -0.39 is 45.5 Å². The number of nitrogens with zero attached hydrogens (tertiary/aromatic N) is 4. The third-order valence-corrected chi connectivity index (χ3v) is 2.08. The van der Waals surface area contributed by atoms with Gasteiger partial charge in [0.15, 0.2) is 0 Å². The van der Waals surface area contributed by atoms with Crippen molar-refractivity contribution in [1.29, 1.82) is 0 Å². The molecule has 15 heteroatoms. The Morgan fingerprint density at radius 3 is 1.81 bits per heavy atom. The molecule has 1 N–H and O–H groups in total. The molecule has 0 aliphatic rings. The molecule has 0 amide bonds. The molecule has 0 aliphatic carbocycles. The summed E-state index contributed by atoms with van der Waals surface area (Å²) in [5, 5.41) is 29.0. The van der Waals surface area contributed by atoms with Gasteiger partial charge in [0.05, 0.1) is 0 Å². The van der Waals surface area contributed by atoms with Crippen LogP contribution in [0.2, 0.25) is 0 Å². The van der Waals surface area contributed by atoms with Gasteiger partial charge in [-0.15, -0.1) is 0 Å². The summed E-state index contributed by atoms with van der Waals surface area (Å²) in [4.78, 5) is 25.2. The van der Waals surface area contributed by atoms with Crippen molar-refractivity contribution >= 4 is 23.2 Å². The predicted octanol–water partition coefficient (Wildman–Crippen LogP) is 3.73. The SMILES string of the molecule is FC(F)Cl.O=[N+]([O-])c1ncccc1O.O=[N+]([O-])c1ncccc1OC(F)F. The molecule has 0 saturated heterocycles. The molecule has 148 valence electrons. The van der Waals surface area contributed by atoms with Crippen molar-refractivity contribution in [2.45, 2.75) is 12.5 Å². The summed E-state index contributed by atoms with van der Waals surface area (Å²) in [7, 11) is 0. The molecule has 0 saturated carbocycles. The molecule has 2 aromatic heterocycles. The highest BCUT2D eigenvalue weighted by Crippen LogP contribution is 2.24. The number of ether oxygens (including phenoxy) is 1. The Morgan fingerprint density at radius 1 is 1.00 bits per heavy atom. The van der Waals surface area contributed by atoms with Gasteiger partial charge < -0.3 is 30.1 Å². The Labute approximate surface area is 152 Å². The van der Waals surface area contributed by atoms with Gasteiger partial charge in [-0.25, -0.2) is 0 Å². The zero-order valence-electron chi connectivity index (χ0n) is 12.8. The summed E-state index contributed by atoms with van der Waals surface area (Å²) in [5.74, 6) is -4.87.